The third-order valence-electron chi connectivity index (χ3n) is 4.53. The summed E-state index contributed by atoms with van der Waals surface area (Å²) < 4.78 is 35.8. The predicted molar refractivity (Wildman–Crippen MR) is 107 cm³/mol. The minimum Gasteiger partial charge on any atom is -0.493 e. The Balaban J connectivity index is 1.63. The molecule has 3 rings (SSSR count). The Hall–Kier alpha value is -3.49. The molecule has 30 heavy (non-hydrogen) atoms. The van der Waals surface area contributed by atoms with Crippen molar-refractivity contribution in [2.75, 3.05) is 13.7 Å². The molecule has 0 spiro atoms. The zero-order valence-electron chi connectivity index (χ0n) is 16.5. The Labute approximate surface area is 171 Å². The summed E-state index contributed by atoms with van der Waals surface area (Å²) >= 11 is 0. The van der Waals surface area contributed by atoms with Gasteiger partial charge < -0.3 is 14.8 Å². The highest BCUT2D eigenvalue weighted by Gasteiger charge is 2.13. The Kier molecular flexibility index (Phi) is 6.61. The van der Waals surface area contributed by atoms with E-state index in [0.717, 1.165) is 0 Å². The normalized spacial score (nSPS) is 11.0. The van der Waals surface area contributed by atoms with Crippen molar-refractivity contribution in [1.29, 1.82) is 0 Å². The van der Waals surface area contributed by atoms with E-state index in [-0.39, 0.29) is 36.1 Å². The minimum atomic E-state index is -2.97. The number of aromatic nitrogens is 2. The number of halogens is 2. The maximum absolute atomic E-state index is 12.6. The number of carbonyl (C=O) groups is 1. The molecule has 0 unspecified atom stereocenters. The highest BCUT2D eigenvalue weighted by Crippen LogP contribution is 2.29. The number of ether oxygens (including phenoxy) is 2. The van der Waals surface area contributed by atoms with Gasteiger partial charge in [0.05, 0.1) is 18.0 Å². The second-order valence-electron chi connectivity index (χ2n) is 6.53. The summed E-state index contributed by atoms with van der Waals surface area (Å²) in [6.07, 6.45) is 0.388. The second kappa shape index (κ2) is 9.34. The van der Waals surface area contributed by atoms with Crippen molar-refractivity contribution in [3.63, 3.8) is 0 Å². The molecule has 158 valence electrons. The van der Waals surface area contributed by atoms with E-state index in [1.807, 2.05) is 0 Å². The van der Waals surface area contributed by atoms with Crippen molar-refractivity contribution in [3.8, 4) is 11.5 Å². The predicted octanol–water partition coefficient (Wildman–Crippen LogP) is 2.67. The molecule has 1 N–H and O–H groups in total. The summed E-state index contributed by atoms with van der Waals surface area (Å²) in [5.74, 6) is 0.218. The average molecular weight is 417 g/mol. The summed E-state index contributed by atoms with van der Waals surface area (Å²) in [7, 11) is 1.36. The van der Waals surface area contributed by atoms with Gasteiger partial charge in [-0.1, -0.05) is 18.2 Å². The molecule has 0 radical (unpaired) electrons. The largest absolute Gasteiger partial charge is 0.493 e. The van der Waals surface area contributed by atoms with Gasteiger partial charge in [-0.15, -0.1) is 0 Å². The molecule has 0 atom stereocenters. The van der Waals surface area contributed by atoms with E-state index in [4.69, 9.17) is 4.74 Å². The summed E-state index contributed by atoms with van der Waals surface area (Å²) in [6.45, 7) is -1.20. The second-order valence-corrected chi connectivity index (χ2v) is 6.53. The molecule has 0 saturated carbocycles. The molecule has 9 heteroatoms. The molecule has 0 aliphatic rings. The fraction of sp³-hybridized carbons (Fsp3) is 0.286. The van der Waals surface area contributed by atoms with Crippen LogP contribution in [-0.2, 0) is 17.8 Å². The van der Waals surface area contributed by atoms with Gasteiger partial charge in [-0.3, -0.25) is 14.2 Å². The number of nitrogens with one attached hydrogen (secondary N) is 1. The van der Waals surface area contributed by atoms with Crippen molar-refractivity contribution in [2.24, 2.45) is 0 Å². The number of para-hydroxylation sites is 1. The molecule has 1 heterocycles. The van der Waals surface area contributed by atoms with Crippen molar-refractivity contribution < 1.29 is 23.0 Å². The maximum atomic E-state index is 12.6. The number of fused-ring (bicyclic) bond motifs is 1. The van der Waals surface area contributed by atoms with Crippen LogP contribution in [0.4, 0.5) is 8.78 Å². The van der Waals surface area contributed by atoms with Crippen molar-refractivity contribution >= 4 is 16.8 Å². The van der Waals surface area contributed by atoms with Crippen LogP contribution < -0.4 is 20.3 Å². The van der Waals surface area contributed by atoms with Gasteiger partial charge in [-0.2, -0.15) is 8.78 Å². The lowest BCUT2D eigenvalue weighted by Gasteiger charge is -2.13. The maximum Gasteiger partial charge on any atom is 0.387 e. The van der Waals surface area contributed by atoms with Crippen molar-refractivity contribution in [1.82, 2.24) is 14.9 Å². The third kappa shape index (κ3) is 4.91. The first-order chi connectivity index (χ1) is 14.4. The van der Waals surface area contributed by atoms with Crippen LogP contribution in [0.15, 0.2) is 47.3 Å². The summed E-state index contributed by atoms with van der Waals surface area (Å²) in [5.41, 5.74) is 0.989. The average Bonchev–Trinajstić information content (AvgIpc) is 2.71. The molecule has 1 amide bonds. The Bertz CT molecular complexity index is 1120. The smallest absolute Gasteiger partial charge is 0.387 e. The van der Waals surface area contributed by atoms with Crippen molar-refractivity contribution in [3.05, 3.63) is 64.2 Å². The van der Waals surface area contributed by atoms with Crippen molar-refractivity contribution in [2.45, 2.75) is 26.5 Å². The summed E-state index contributed by atoms with van der Waals surface area (Å²) in [4.78, 5) is 29.3. The SMILES string of the molecule is COc1ccc(CCNC(=O)Cn2c(C)nc3ccccc3c2=O)cc1OC(F)F. The number of methoxy groups -OCH3 is 1. The lowest BCUT2D eigenvalue weighted by molar-refractivity contribution is -0.121. The number of benzene rings is 2. The number of aryl methyl sites for hydroxylation is 1. The molecular formula is C21H21F2N3O4. The highest BCUT2D eigenvalue weighted by atomic mass is 19.3. The monoisotopic (exact) mass is 417 g/mol. The zero-order chi connectivity index (χ0) is 21.7. The number of hydrogen-bond acceptors (Lipinski definition) is 5. The van der Waals surface area contributed by atoms with Crippen LogP contribution >= 0.6 is 0 Å². The molecule has 0 fully saturated rings. The highest BCUT2D eigenvalue weighted by molar-refractivity contribution is 5.79. The fourth-order valence-electron chi connectivity index (χ4n) is 3.08. The van der Waals surface area contributed by atoms with Gasteiger partial charge in [-0.25, -0.2) is 4.98 Å². The number of carbonyl (C=O) groups excluding carboxylic acids is 1. The molecule has 1 aromatic heterocycles. The first kappa shape index (κ1) is 21.2. The van der Waals surface area contributed by atoms with Gasteiger partial charge in [0.1, 0.15) is 12.4 Å². The van der Waals surface area contributed by atoms with Crippen LogP contribution in [0.25, 0.3) is 10.9 Å². The quantitative estimate of drug-likeness (QED) is 0.609. The van der Waals surface area contributed by atoms with Crippen LogP contribution in [0.3, 0.4) is 0 Å². The molecule has 0 aliphatic carbocycles. The van der Waals surface area contributed by atoms with E-state index in [1.165, 1.54) is 23.8 Å². The molecule has 0 bridgehead atoms. The molecule has 3 aromatic rings. The molecule has 0 saturated heterocycles. The number of rotatable bonds is 8. The van der Waals surface area contributed by atoms with Gasteiger partial charge in [-0.05, 0) is 43.2 Å². The number of amides is 1. The molecular weight excluding hydrogens is 396 g/mol. The first-order valence-electron chi connectivity index (χ1n) is 9.23. The molecule has 7 nitrogen and oxygen atoms in total. The van der Waals surface area contributed by atoms with E-state index >= 15 is 0 Å². The van der Waals surface area contributed by atoms with Gasteiger partial charge in [0.2, 0.25) is 5.91 Å². The van der Waals surface area contributed by atoms with E-state index in [2.05, 4.69) is 15.0 Å². The van der Waals surface area contributed by atoms with Crippen LogP contribution in [0.1, 0.15) is 11.4 Å². The molecule has 0 aliphatic heterocycles. The third-order valence-corrected chi connectivity index (χ3v) is 4.53. The number of alkyl halides is 2. The fourth-order valence-corrected chi connectivity index (χ4v) is 3.08. The Morgan fingerprint density at radius 3 is 2.70 bits per heavy atom. The number of hydrogen-bond donors (Lipinski definition) is 1. The zero-order valence-corrected chi connectivity index (χ0v) is 16.5. The number of nitrogens with zero attached hydrogens (tertiary/aromatic N) is 2. The Morgan fingerprint density at radius 2 is 1.97 bits per heavy atom. The van der Waals surface area contributed by atoms with E-state index < -0.39 is 6.61 Å². The first-order valence-corrected chi connectivity index (χ1v) is 9.23. The van der Waals surface area contributed by atoms with Crippen LogP contribution in [0, 0.1) is 6.92 Å². The van der Waals surface area contributed by atoms with Gasteiger partial charge >= 0.3 is 6.61 Å². The lowest BCUT2D eigenvalue weighted by Crippen LogP contribution is -2.34. The topological polar surface area (TPSA) is 82.5 Å². The lowest BCUT2D eigenvalue weighted by atomic mass is 10.1. The molecule has 2 aromatic carbocycles. The van der Waals surface area contributed by atoms with Gasteiger partial charge in [0, 0.05) is 6.54 Å². The summed E-state index contributed by atoms with van der Waals surface area (Å²) in [5, 5.41) is 3.17. The Morgan fingerprint density at radius 1 is 1.20 bits per heavy atom. The van der Waals surface area contributed by atoms with E-state index in [0.29, 0.717) is 28.7 Å². The standard InChI is InChI=1S/C21H21F2N3O4/c1-13-25-16-6-4-3-5-15(16)20(28)26(13)12-19(27)24-10-9-14-7-8-17(29-2)18(11-14)30-21(22)23/h3-8,11,21H,9-10,12H2,1-2H3,(H,24,27). The van der Waals surface area contributed by atoms with Crippen LogP contribution in [-0.4, -0.2) is 35.7 Å². The van der Waals surface area contributed by atoms with Crippen LogP contribution in [0.5, 0.6) is 11.5 Å². The summed E-state index contributed by atoms with van der Waals surface area (Å²) in [6, 6.07) is 11.6. The van der Waals surface area contributed by atoms with E-state index in [1.54, 1.807) is 37.3 Å². The minimum absolute atomic E-state index is 0.0688. The van der Waals surface area contributed by atoms with Gasteiger partial charge in [0.25, 0.3) is 5.56 Å². The van der Waals surface area contributed by atoms with E-state index in [9.17, 15) is 18.4 Å². The van der Waals surface area contributed by atoms with Gasteiger partial charge in [0.15, 0.2) is 11.5 Å². The van der Waals surface area contributed by atoms with Crippen LogP contribution in [0.2, 0.25) is 0 Å².